The number of thioether (sulfide) groups is 1. The SMILES string of the molecule is CCN1C(=O)CSc2ccc(C(=O)NCCc3ccc(Cl)cc3)cc21. The van der Waals surface area contributed by atoms with Crippen molar-refractivity contribution in [2.45, 2.75) is 18.2 Å². The highest BCUT2D eigenvalue weighted by molar-refractivity contribution is 8.00. The van der Waals surface area contributed by atoms with E-state index in [1.54, 1.807) is 11.0 Å². The van der Waals surface area contributed by atoms with E-state index in [1.807, 2.05) is 43.3 Å². The lowest BCUT2D eigenvalue weighted by atomic mass is 10.1. The van der Waals surface area contributed by atoms with Gasteiger partial charge in [0.2, 0.25) is 5.91 Å². The molecule has 0 radical (unpaired) electrons. The van der Waals surface area contributed by atoms with Gasteiger partial charge in [0.05, 0.1) is 11.4 Å². The van der Waals surface area contributed by atoms with Crippen molar-refractivity contribution in [1.29, 1.82) is 0 Å². The molecule has 1 N–H and O–H groups in total. The van der Waals surface area contributed by atoms with E-state index in [0.717, 1.165) is 22.6 Å². The zero-order valence-corrected chi connectivity index (χ0v) is 15.5. The maximum atomic E-state index is 12.4. The standard InChI is InChI=1S/C19H19ClN2O2S/c1-2-22-16-11-14(5-8-17(16)25-12-18(22)23)19(24)21-10-9-13-3-6-15(20)7-4-13/h3-8,11H,2,9-10,12H2,1H3,(H,21,24). The van der Waals surface area contributed by atoms with Gasteiger partial charge in [-0.15, -0.1) is 11.8 Å². The Morgan fingerprint density at radius 3 is 2.72 bits per heavy atom. The van der Waals surface area contributed by atoms with Gasteiger partial charge >= 0.3 is 0 Å². The largest absolute Gasteiger partial charge is 0.352 e. The number of nitrogens with one attached hydrogen (secondary N) is 1. The highest BCUT2D eigenvalue weighted by Crippen LogP contribution is 2.35. The van der Waals surface area contributed by atoms with Crippen molar-refractivity contribution in [3.05, 3.63) is 58.6 Å². The highest BCUT2D eigenvalue weighted by atomic mass is 35.5. The molecule has 25 heavy (non-hydrogen) atoms. The van der Waals surface area contributed by atoms with Crippen LogP contribution in [0.25, 0.3) is 0 Å². The van der Waals surface area contributed by atoms with E-state index < -0.39 is 0 Å². The average Bonchev–Trinajstić information content (AvgIpc) is 2.62. The fourth-order valence-electron chi connectivity index (χ4n) is 2.76. The second-order valence-corrected chi connectivity index (χ2v) is 7.20. The molecule has 2 amide bonds. The second-order valence-electron chi connectivity index (χ2n) is 5.74. The molecular formula is C19H19ClN2O2S. The molecule has 4 nitrogen and oxygen atoms in total. The molecule has 0 bridgehead atoms. The van der Waals surface area contributed by atoms with Gasteiger partial charge in [-0.05, 0) is 49.2 Å². The Balaban J connectivity index is 1.65. The molecule has 130 valence electrons. The molecule has 0 saturated carbocycles. The first-order valence-electron chi connectivity index (χ1n) is 8.18. The van der Waals surface area contributed by atoms with Crippen molar-refractivity contribution in [2.75, 3.05) is 23.7 Å². The summed E-state index contributed by atoms with van der Waals surface area (Å²) < 4.78 is 0. The van der Waals surface area contributed by atoms with Gasteiger partial charge in [0.1, 0.15) is 0 Å². The lowest BCUT2D eigenvalue weighted by Gasteiger charge is -2.28. The van der Waals surface area contributed by atoms with Crippen molar-refractivity contribution in [3.63, 3.8) is 0 Å². The third-order valence-electron chi connectivity index (χ3n) is 4.09. The first-order valence-corrected chi connectivity index (χ1v) is 9.54. The van der Waals surface area contributed by atoms with E-state index in [1.165, 1.54) is 11.8 Å². The van der Waals surface area contributed by atoms with Gasteiger partial charge in [-0.1, -0.05) is 23.7 Å². The number of amides is 2. The van der Waals surface area contributed by atoms with Crippen LogP contribution >= 0.6 is 23.4 Å². The van der Waals surface area contributed by atoms with Crippen molar-refractivity contribution in [3.8, 4) is 0 Å². The molecule has 0 aromatic heterocycles. The van der Waals surface area contributed by atoms with Crippen molar-refractivity contribution in [2.24, 2.45) is 0 Å². The lowest BCUT2D eigenvalue weighted by Crippen LogP contribution is -2.35. The van der Waals surface area contributed by atoms with Crippen LogP contribution in [0.3, 0.4) is 0 Å². The number of carbonyl (C=O) groups is 2. The molecule has 2 aromatic rings. The highest BCUT2D eigenvalue weighted by Gasteiger charge is 2.24. The number of nitrogens with zero attached hydrogens (tertiary/aromatic N) is 1. The van der Waals surface area contributed by atoms with Gasteiger partial charge in [0.15, 0.2) is 0 Å². The van der Waals surface area contributed by atoms with Crippen molar-refractivity contribution >= 4 is 40.9 Å². The topological polar surface area (TPSA) is 49.4 Å². The summed E-state index contributed by atoms with van der Waals surface area (Å²) in [5.74, 6) is 0.407. The van der Waals surface area contributed by atoms with Gasteiger partial charge < -0.3 is 10.2 Å². The number of fused-ring (bicyclic) bond motifs is 1. The van der Waals surface area contributed by atoms with Crippen LogP contribution in [0.2, 0.25) is 5.02 Å². The molecule has 0 unspecified atom stereocenters. The zero-order chi connectivity index (χ0) is 17.8. The summed E-state index contributed by atoms with van der Waals surface area (Å²) in [5.41, 5.74) is 2.52. The summed E-state index contributed by atoms with van der Waals surface area (Å²) >= 11 is 7.39. The lowest BCUT2D eigenvalue weighted by molar-refractivity contribution is -0.116. The quantitative estimate of drug-likeness (QED) is 0.866. The summed E-state index contributed by atoms with van der Waals surface area (Å²) in [6, 6.07) is 13.1. The third kappa shape index (κ3) is 4.17. The number of hydrogen-bond donors (Lipinski definition) is 1. The minimum absolute atomic E-state index is 0.0836. The second kappa shape index (κ2) is 7.93. The normalized spacial score (nSPS) is 13.5. The predicted octanol–water partition coefficient (Wildman–Crippen LogP) is 3.77. The molecule has 0 fully saturated rings. The van der Waals surface area contributed by atoms with E-state index >= 15 is 0 Å². The van der Waals surface area contributed by atoms with E-state index in [-0.39, 0.29) is 11.8 Å². The minimum Gasteiger partial charge on any atom is -0.352 e. The fraction of sp³-hybridized carbons (Fsp3) is 0.263. The molecule has 3 rings (SSSR count). The van der Waals surface area contributed by atoms with Gasteiger partial charge in [-0.3, -0.25) is 9.59 Å². The summed E-state index contributed by atoms with van der Waals surface area (Å²) in [6.45, 7) is 3.09. The smallest absolute Gasteiger partial charge is 0.251 e. The van der Waals surface area contributed by atoms with Gasteiger partial charge in [-0.25, -0.2) is 0 Å². The van der Waals surface area contributed by atoms with Crippen LogP contribution in [0.5, 0.6) is 0 Å². The fourth-order valence-corrected chi connectivity index (χ4v) is 3.81. The molecule has 0 spiro atoms. The monoisotopic (exact) mass is 374 g/mol. The summed E-state index contributed by atoms with van der Waals surface area (Å²) in [7, 11) is 0. The van der Waals surface area contributed by atoms with E-state index in [4.69, 9.17) is 11.6 Å². The number of benzene rings is 2. The number of carbonyl (C=O) groups excluding carboxylic acids is 2. The molecule has 6 heteroatoms. The maximum Gasteiger partial charge on any atom is 0.251 e. The van der Waals surface area contributed by atoms with Crippen LogP contribution in [0, 0.1) is 0 Å². The molecule has 1 aliphatic rings. The minimum atomic E-state index is -0.129. The van der Waals surface area contributed by atoms with Gasteiger partial charge in [0, 0.05) is 28.6 Å². The number of halogens is 1. The summed E-state index contributed by atoms with van der Waals surface area (Å²) in [5, 5.41) is 3.63. The Bertz CT molecular complexity index is 793. The Labute approximate surface area is 156 Å². The third-order valence-corrected chi connectivity index (χ3v) is 5.39. The van der Waals surface area contributed by atoms with Crippen LogP contribution in [-0.4, -0.2) is 30.7 Å². The molecule has 2 aromatic carbocycles. The zero-order valence-electron chi connectivity index (χ0n) is 13.9. The first kappa shape index (κ1) is 17.8. The van der Waals surface area contributed by atoms with E-state index in [2.05, 4.69) is 5.32 Å². The number of hydrogen-bond acceptors (Lipinski definition) is 3. The van der Waals surface area contributed by atoms with Crippen molar-refractivity contribution in [1.82, 2.24) is 5.32 Å². The van der Waals surface area contributed by atoms with Gasteiger partial charge in [0.25, 0.3) is 5.91 Å². The van der Waals surface area contributed by atoms with Crippen LogP contribution < -0.4 is 10.2 Å². The van der Waals surface area contributed by atoms with E-state index in [0.29, 0.717) is 29.4 Å². The van der Waals surface area contributed by atoms with Crippen molar-refractivity contribution < 1.29 is 9.59 Å². The molecule has 0 aliphatic carbocycles. The Morgan fingerprint density at radius 2 is 2.00 bits per heavy atom. The Hall–Kier alpha value is -1.98. The van der Waals surface area contributed by atoms with Crippen LogP contribution in [0.4, 0.5) is 5.69 Å². The Morgan fingerprint density at radius 1 is 1.24 bits per heavy atom. The molecule has 1 heterocycles. The Kier molecular flexibility index (Phi) is 5.66. The molecule has 1 aliphatic heterocycles. The molecule has 0 atom stereocenters. The number of rotatable bonds is 5. The molecular weight excluding hydrogens is 356 g/mol. The van der Waals surface area contributed by atoms with Crippen LogP contribution in [0.15, 0.2) is 47.4 Å². The molecule has 0 saturated heterocycles. The van der Waals surface area contributed by atoms with Gasteiger partial charge in [-0.2, -0.15) is 0 Å². The first-order chi connectivity index (χ1) is 12.1. The number of anilines is 1. The van der Waals surface area contributed by atoms with E-state index in [9.17, 15) is 9.59 Å². The maximum absolute atomic E-state index is 12.4. The predicted molar refractivity (Wildman–Crippen MR) is 103 cm³/mol. The summed E-state index contributed by atoms with van der Waals surface area (Å²) in [6.07, 6.45) is 0.739. The van der Waals surface area contributed by atoms with Crippen LogP contribution in [-0.2, 0) is 11.2 Å². The summed E-state index contributed by atoms with van der Waals surface area (Å²) in [4.78, 5) is 27.2. The average molecular weight is 375 g/mol. The van der Waals surface area contributed by atoms with Crippen LogP contribution in [0.1, 0.15) is 22.8 Å².